The average molecular weight is 753 g/mol. The Balaban J connectivity index is 2.94. The first-order valence-electron chi connectivity index (χ1n) is 13.3. The first kappa shape index (κ1) is 40.4. The summed E-state index contributed by atoms with van der Waals surface area (Å²) in [7, 11) is 0. The molecule has 0 aromatic heterocycles. The number of benzene rings is 3. The van der Waals surface area contributed by atoms with E-state index >= 15 is 0 Å². The summed E-state index contributed by atoms with van der Waals surface area (Å²) >= 11 is 0. The Morgan fingerprint density at radius 1 is 0.389 bits per heavy atom. The van der Waals surface area contributed by atoms with Crippen LogP contribution in [-0.4, -0.2) is 0 Å². The number of hydrogen-bond acceptors (Lipinski definition) is 9. The summed E-state index contributed by atoms with van der Waals surface area (Å²) in [5, 5.41) is 85.4. The fraction of sp³-hybridized carbons (Fsp3) is 0.121. The van der Waals surface area contributed by atoms with Crippen molar-refractivity contribution in [2.24, 2.45) is 0 Å². The van der Waals surface area contributed by atoms with Gasteiger partial charge in [-0.1, -0.05) is 0 Å². The third-order valence-electron chi connectivity index (χ3n) is 7.23. The molecule has 0 aliphatic carbocycles. The zero-order chi connectivity index (χ0) is 41.3. The van der Waals surface area contributed by atoms with Gasteiger partial charge in [0.1, 0.15) is 48.6 Å². The van der Waals surface area contributed by atoms with Crippen LogP contribution in [0.25, 0.3) is 11.1 Å². The van der Waals surface area contributed by atoms with Crippen molar-refractivity contribution < 1.29 is 52.7 Å². The molecule has 0 unspecified atom stereocenters. The van der Waals surface area contributed by atoms with E-state index in [1.807, 2.05) is 0 Å². The minimum absolute atomic E-state index is 0.246. The quantitative estimate of drug-likeness (QED) is 0.268. The lowest BCUT2D eigenvalue weighted by atomic mass is 9.84. The molecule has 0 saturated heterocycles. The average Bonchev–Trinajstić information content (AvgIpc) is 3.08. The minimum atomic E-state index is -5.91. The lowest BCUT2D eigenvalue weighted by Gasteiger charge is -2.19. The molecule has 264 valence electrons. The van der Waals surface area contributed by atoms with Gasteiger partial charge >= 0.3 is 24.7 Å². The van der Waals surface area contributed by atoms with Gasteiger partial charge in [-0.3, -0.25) is 0 Å². The summed E-state index contributed by atoms with van der Waals surface area (Å²) in [6.45, 7) is 0. The molecule has 3 rings (SSSR count). The van der Waals surface area contributed by atoms with Crippen molar-refractivity contribution in [2.45, 2.75) is 24.7 Å². The zero-order valence-corrected chi connectivity index (χ0v) is 25.3. The van der Waals surface area contributed by atoms with Crippen molar-refractivity contribution in [3.05, 3.63) is 101 Å². The molecule has 9 nitrogen and oxygen atoms in total. The van der Waals surface area contributed by atoms with Crippen LogP contribution in [0.3, 0.4) is 0 Å². The van der Waals surface area contributed by atoms with E-state index in [0.717, 1.165) is 24.3 Å². The molecule has 21 heteroatoms. The molecule has 0 heterocycles. The largest absolute Gasteiger partial charge is 0.419 e. The van der Waals surface area contributed by atoms with Crippen molar-refractivity contribution in [2.75, 3.05) is 0 Å². The summed E-state index contributed by atoms with van der Waals surface area (Å²) < 4.78 is 169. The normalized spacial score (nSPS) is 12.5. The summed E-state index contributed by atoms with van der Waals surface area (Å²) in [6, 6.07) is 8.81. The number of nitrogens with zero attached hydrogens (tertiary/aromatic N) is 9. The van der Waals surface area contributed by atoms with Gasteiger partial charge in [-0.2, -0.15) is 100 Å². The fourth-order valence-corrected chi connectivity index (χ4v) is 5.21. The van der Waals surface area contributed by atoms with Gasteiger partial charge in [0.05, 0.1) is 78.4 Å². The molecule has 0 amide bonds. The predicted molar refractivity (Wildman–Crippen MR) is 148 cm³/mol. The first-order valence-corrected chi connectivity index (χ1v) is 13.3. The highest BCUT2D eigenvalue weighted by Crippen LogP contribution is 2.45. The smallest absolute Gasteiger partial charge is 0.192 e. The van der Waals surface area contributed by atoms with E-state index in [2.05, 4.69) is 0 Å². The van der Waals surface area contributed by atoms with Gasteiger partial charge in [-0.15, -0.1) is 0 Å². The number of halogens is 12. The number of hydrogen-bond donors (Lipinski definition) is 0. The van der Waals surface area contributed by atoms with Crippen LogP contribution < -0.4 is 10.4 Å². The molecule has 0 fully saturated rings. The van der Waals surface area contributed by atoms with Crippen molar-refractivity contribution in [3.63, 3.8) is 0 Å². The molecule has 54 heavy (non-hydrogen) atoms. The minimum Gasteiger partial charge on any atom is -0.192 e. The Kier molecular flexibility index (Phi) is 10.4. The molecule has 0 atom stereocenters. The van der Waals surface area contributed by atoms with Gasteiger partial charge in [0.2, 0.25) is 0 Å². The van der Waals surface area contributed by atoms with Crippen molar-refractivity contribution >= 4 is 11.1 Å². The Hall–Kier alpha value is -8.03. The number of rotatable bonds is 2. The van der Waals surface area contributed by atoms with Crippen molar-refractivity contribution in [3.8, 4) is 54.6 Å². The van der Waals surface area contributed by atoms with Gasteiger partial charge in [-0.05, 0) is 18.2 Å². The molecule has 0 aliphatic rings. The van der Waals surface area contributed by atoms with Gasteiger partial charge in [0.15, 0.2) is 0 Å². The van der Waals surface area contributed by atoms with Crippen LogP contribution in [0.4, 0.5) is 52.7 Å². The van der Waals surface area contributed by atoms with Gasteiger partial charge < -0.3 is 0 Å². The molecule has 0 saturated carbocycles. The molecule has 3 aromatic rings. The van der Waals surface area contributed by atoms with E-state index in [1.54, 1.807) is 0 Å². The Labute approximate surface area is 291 Å². The highest BCUT2D eigenvalue weighted by Gasteiger charge is 2.46. The highest BCUT2D eigenvalue weighted by molar-refractivity contribution is 5.87. The van der Waals surface area contributed by atoms with Crippen LogP contribution >= 0.6 is 0 Å². The van der Waals surface area contributed by atoms with E-state index in [9.17, 15) is 100 Å². The lowest BCUT2D eigenvalue weighted by molar-refractivity contribution is -0.145. The fourth-order valence-electron chi connectivity index (χ4n) is 5.21. The second-order valence-corrected chi connectivity index (χ2v) is 10.0. The van der Waals surface area contributed by atoms with Crippen LogP contribution in [0.1, 0.15) is 72.3 Å². The van der Waals surface area contributed by atoms with Gasteiger partial charge in [-0.25, -0.2) is 0 Å². The number of alkyl halides is 12. The standard InChI is InChI=1S/C33H3F12N9/c34-30(35,36)25-2-15(21(9-51)28(23(25)11-53)32(40,41)42)17(5-47)14-1-13(4-46)27(20(8-50)18(14)6-48)19(7-49)16-3-26(31(37,38)39)24(12-54)29(22(16)10-52)33(43,44)45/h1-3H/b17-14-,27-19-. The van der Waals surface area contributed by atoms with Crippen LogP contribution in [0, 0.1) is 102 Å². The second kappa shape index (κ2) is 13.9. The topological polar surface area (TPSA) is 214 Å². The Morgan fingerprint density at radius 2 is 0.741 bits per heavy atom. The maximum absolute atomic E-state index is 14.1. The van der Waals surface area contributed by atoms with E-state index < -0.39 is 119 Å². The van der Waals surface area contributed by atoms with E-state index in [0.29, 0.717) is 12.1 Å². The monoisotopic (exact) mass is 753 g/mol. The first-order chi connectivity index (χ1) is 25.0. The van der Waals surface area contributed by atoms with Crippen LogP contribution in [0.2, 0.25) is 0 Å². The predicted octanol–water partition coefficient (Wildman–Crippen LogP) is 6.31. The maximum atomic E-state index is 14.1. The highest BCUT2D eigenvalue weighted by atomic mass is 19.4. The van der Waals surface area contributed by atoms with Gasteiger partial charge in [0, 0.05) is 21.6 Å². The molecule has 0 N–H and O–H groups in total. The van der Waals surface area contributed by atoms with Crippen LogP contribution in [0.15, 0.2) is 18.2 Å². The summed E-state index contributed by atoms with van der Waals surface area (Å²) in [6.07, 6.45) is -23.4. The Morgan fingerprint density at radius 3 is 1.02 bits per heavy atom. The van der Waals surface area contributed by atoms with E-state index in [-0.39, 0.29) is 18.2 Å². The molecule has 0 radical (unpaired) electrons. The SMILES string of the molecule is N#C/C(c1cc(C(F)(F)F)c(C#N)c(C(F)(F)F)c1C#N)=c1\cc(C#N)/c(=C(\C#N)c2cc(C(F)(F)F)c(C#N)c(C(F)(F)F)c2C#N)c(C#N)c1C#N. The van der Waals surface area contributed by atoms with Crippen LogP contribution in [-0.2, 0) is 24.7 Å². The molecule has 3 aromatic carbocycles. The third kappa shape index (κ3) is 6.71. The summed E-state index contributed by atoms with van der Waals surface area (Å²) in [5.41, 5.74) is -27.7. The molecule has 0 bridgehead atoms. The number of nitriles is 9. The van der Waals surface area contributed by atoms with E-state index in [1.165, 1.54) is 18.2 Å². The van der Waals surface area contributed by atoms with Crippen LogP contribution in [0.5, 0.6) is 0 Å². The zero-order valence-electron chi connectivity index (χ0n) is 25.3. The van der Waals surface area contributed by atoms with Crippen molar-refractivity contribution in [1.82, 2.24) is 0 Å². The van der Waals surface area contributed by atoms with Crippen molar-refractivity contribution in [1.29, 1.82) is 47.4 Å². The summed E-state index contributed by atoms with van der Waals surface area (Å²) in [4.78, 5) is 0. The third-order valence-corrected chi connectivity index (χ3v) is 7.23. The van der Waals surface area contributed by atoms with E-state index in [4.69, 9.17) is 0 Å². The maximum Gasteiger partial charge on any atom is 0.419 e. The van der Waals surface area contributed by atoms with Gasteiger partial charge in [0.25, 0.3) is 0 Å². The lowest BCUT2D eigenvalue weighted by Crippen LogP contribution is -2.27. The molecule has 0 aliphatic heterocycles. The summed E-state index contributed by atoms with van der Waals surface area (Å²) in [5.74, 6) is 0. The molecule has 0 spiro atoms. The Bertz CT molecular complexity index is 2710. The molecular formula is C33H3F12N9. The molecular weight excluding hydrogens is 750 g/mol. The second-order valence-electron chi connectivity index (χ2n) is 10.0.